The number of pyridine rings is 2. The molecule has 2 aromatic heterocycles. The number of benzene rings is 1. The summed E-state index contributed by atoms with van der Waals surface area (Å²) in [7, 11) is -2.08. The third-order valence-electron chi connectivity index (χ3n) is 8.44. The van der Waals surface area contributed by atoms with Gasteiger partial charge in [0.05, 0.1) is 37.1 Å². The second-order valence-corrected chi connectivity index (χ2v) is 16.9. The van der Waals surface area contributed by atoms with E-state index in [2.05, 4.69) is 33.9 Å². The quantitative estimate of drug-likeness (QED) is 0.249. The molecule has 0 radical (unpaired) electrons. The number of aliphatic hydroxyl groups is 1. The zero-order valence-electron chi connectivity index (χ0n) is 22.3. The topological polar surface area (TPSA) is 108 Å². The predicted molar refractivity (Wildman–Crippen MR) is 143 cm³/mol. The number of fused-ring (bicyclic) bond motifs is 5. The molecule has 8 nitrogen and oxygen atoms in total. The van der Waals surface area contributed by atoms with Crippen molar-refractivity contribution in [3.05, 3.63) is 51.3 Å². The lowest BCUT2D eigenvalue weighted by atomic mass is 9.86. The van der Waals surface area contributed by atoms with Crippen molar-refractivity contribution in [2.24, 2.45) is 0 Å². The minimum Gasteiger partial charge on any atom is -0.458 e. The van der Waals surface area contributed by atoms with Crippen molar-refractivity contribution in [3.63, 3.8) is 0 Å². The SMILES string of the molecule is CC[C@@]1(O)C(=O)OCc2c1cc1n(c2=O)Cc2cc3c(OC(C)=O)ccc([Si](C)(C)C(C)(C)C)c3nc2-1. The largest absolute Gasteiger partial charge is 0.458 e. The van der Waals surface area contributed by atoms with E-state index >= 15 is 0 Å². The second-order valence-electron chi connectivity index (χ2n) is 11.6. The summed E-state index contributed by atoms with van der Waals surface area (Å²) in [6, 6.07) is 7.52. The number of nitrogens with zero attached hydrogens (tertiary/aromatic N) is 2. The zero-order valence-corrected chi connectivity index (χ0v) is 23.3. The molecule has 0 spiro atoms. The maximum Gasteiger partial charge on any atom is 0.343 e. The summed E-state index contributed by atoms with van der Waals surface area (Å²) in [5, 5.41) is 13.0. The van der Waals surface area contributed by atoms with E-state index in [1.165, 1.54) is 6.92 Å². The van der Waals surface area contributed by atoms with Crippen LogP contribution in [0.2, 0.25) is 18.1 Å². The summed E-state index contributed by atoms with van der Waals surface area (Å²) in [4.78, 5) is 43.0. The van der Waals surface area contributed by atoms with Crippen molar-refractivity contribution in [2.45, 2.75) is 77.9 Å². The fraction of sp³-hybridized carbons (Fsp3) is 0.429. The predicted octanol–water partition coefficient (Wildman–Crippen LogP) is 3.72. The number of carbonyl (C=O) groups excluding carboxylic acids is 2. The Morgan fingerprint density at radius 2 is 1.95 bits per heavy atom. The van der Waals surface area contributed by atoms with Crippen molar-refractivity contribution in [2.75, 3.05) is 0 Å². The fourth-order valence-electron chi connectivity index (χ4n) is 5.19. The van der Waals surface area contributed by atoms with Crippen LogP contribution in [0, 0.1) is 0 Å². The smallest absolute Gasteiger partial charge is 0.343 e. The van der Waals surface area contributed by atoms with Crippen LogP contribution in [0.25, 0.3) is 22.3 Å². The number of carbonyl (C=O) groups is 2. The molecule has 1 N–H and O–H groups in total. The van der Waals surface area contributed by atoms with Gasteiger partial charge in [-0.3, -0.25) is 9.59 Å². The van der Waals surface area contributed by atoms with E-state index in [1.54, 1.807) is 17.6 Å². The van der Waals surface area contributed by atoms with Crippen molar-refractivity contribution in [1.29, 1.82) is 0 Å². The Morgan fingerprint density at radius 3 is 2.57 bits per heavy atom. The molecule has 9 heteroatoms. The minimum absolute atomic E-state index is 0.0233. The molecule has 0 aliphatic carbocycles. The molecule has 0 unspecified atom stereocenters. The van der Waals surface area contributed by atoms with Gasteiger partial charge in [0, 0.05) is 23.4 Å². The standard InChI is InChI=1S/C28H32N2O6Si/c1-8-28(34)19-12-20-23-16(13-30(20)25(32)18(19)14-35-26(28)33)11-17-21(36-15(2)31)9-10-22(24(17)29-23)37(6,7)27(3,4)5/h9-12,34H,8,13-14H2,1-7H3/t28-/m0/s1. The zero-order chi connectivity index (χ0) is 27.1. The van der Waals surface area contributed by atoms with E-state index in [1.807, 2.05) is 18.2 Å². The Hall–Kier alpha value is -3.30. The minimum atomic E-state index is -2.08. The molecule has 1 atom stereocenters. The van der Waals surface area contributed by atoms with Crippen LogP contribution in [0.1, 0.15) is 57.7 Å². The van der Waals surface area contributed by atoms with Crippen LogP contribution in [0.3, 0.4) is 0 Å². The molecular formula is C28H32N2O6Si. The number of rotatable bonds is 3. The lowest BCUT2D eigenvalue weighted by Gasteiger charge is -2.38. The third-order valence-corrected chi connectivity index (χ3v) is 13.9. The molecule has 0 amide bonds. The van der Waals surface area contributed by atoms with Crippen LogP contribution in [-0.4, -0.2) is 34.7 Å². The number of aromatic nitrogens is 2. The highest BCUT2D eigenvalue weighted by molar-refractivity contribution is 6.93. The lowest BCUT2D eigenvalue weighted by Crippen LogP contribution is -2.50. The van der Waals surface area contributed by atoms with E-state index in [0.29, 0.717) is 17.1 Å². The van der Waals surface area contributed by atoms with Gasteiger partial charge in [-0.2, -0.15) is 0 Å². The Bertz CT molecular complexity index is 1570. The molecule has 0 fully saturated rings. The molecule has 0 saturated carbocycles. The molecule has 0 bridgehead atoms. The first-order valence-electron chi connectivity index (χ1n) is 12.5. The Balaban J connectivity index is 1.82. The molecule has 1 aromatic carbocycles. The Labute approximate surface area is 216 Å². The average molecular weight is 521 g/mol. The van der Waals surface area contributed by atoms with E-state index in [-0.39, 0.29) is 41.3 Å². The van der Waals surface area contributed by atoms with Gasteiger partial charge in [-0.1, -0.05) is 46.9 Å². The molecule has 3 aromatic rings. The normalized spacial score (nSPS) is 18.8. The van der Waals surface area contributed by atoms with Gasteiger partial charge >= 0.3 is 11.9 Å². The van der Waals surface area contributed by atoms with Crippen molar-refractivity contribution in [1.82, 2.24) is 9.55 Å². The van der Waals surface area contributed by atoms with E-state index in [0.717, 1.165) is 21.7 Å². The highest BCUT2D eigenvalue weighted by Crippen LogP contribution is 2.41. The van der Waals surface area contributed by atoms with Gasteiger partial charge in [-0.05, 0) is 34.8 Å². The molecular weight excluding hydrogens is 488 g/mol. The van der Waals surface area contributed by atoms with Crippen LogP contribution >= 0.6 is 0 Å². The summed E-state index contributed by atoms with van der Waals surface area (Å²) in [5.41, 5.74) is 1.12. The molecule has 4 heterocycles. The van der Waals surface area contributed by atoms with E-state index in [4.69, 9.17) is 14.5 Å². The van der Waals surface area contributed by atoms with Gasteiger partial charge in [0.15, 0.2) is 5.60 Å². The molecule has 5 rings (SSSR count). The summed E-state index contributed by atoms with van der Waals surface area (Å²) in [5.74, 6) is -0.734. The van der Waals surface area contributed by atoms with Gasteiger partial charge in [-0.25, -0.2) is 9.78 Å². The first-order valence-corrected chi connectivity index (χ1v) is 15.5. The molecule has 37 heavy (non-hydrogen) atoms. The van der Waals surface area contributed by atoms with Gasteiger partial charge in [0.1, 0.15) is 12.4 Å². The summed E-state index contributed by atoms with van der Waals surface area (Å²) >= 11 is 0. The maximum atomic E-state index is 13.5. The Kier molecular flexibility index (Phi) is 5.55. The van der Waals surface area contributed by atoms with Gasteiger partial charge in [0.2, 0.25) is 0 Å². The first-order chi connectivity index (χ1) is 17.2. The Morgan fingerprint density at radius 1 is 1.24 bits per heavy atom. The van der Waals surface area contributed by atoms with Crippen LogP contribution < -0.4 is 15.5 Å². The number of hydrogen-bond donors (Lipinski definition) is 1. The lowest BCUT2D eigenvalue weighted by molar-refractivity contribution is -0.172. The highest BCUT2D eigenvalue weighted by Gasteiger charge is 2.45. The van der Waals surface area contributed by atoms with Crippen LogP contribution in [0.5, 0.6) is 5.75 Å². The fourth-order valence-corrected chi connectivity index (χ4v) is 7.28. The van der Waals surface area contributed by atoms with Crippen molar-refractivity contribution < 1.29 is 24.2 Å². The summed E-state index contributed by atoms with van der Waals surface area (Å²) in [6.07, 6.45) is 0.0843. The van der Waals surface area contributed by atoms with Gasteiger partial charge in [-0.15, -0.1) is 0 Å². The average Bonchev–Trinajstić information content (AvgIpc) is 3.17. The van der Waals surface area contributed by atoms with Crippen molar-refractivity contribution in [3.8, 4) is 17.1 Å². The summed E-state index contributed by atoms with van der Waals surface area (Å²) in [6.45, 7) is 14.4. The van der Waals surface area contributed by atoms with E-state index in [9.17, 15) is 19.5 Å². The maximum absolute atomic E-state index is 13.5. The van der Waals surface area contributed by atoms with Crippen LogP contribution in [0.15, 0.2) is 29.1 Å². The van der Waals surface area contributed by atoms with E-state index < -0.39 is 25.6 Å². The number of hydrogen-bond acceptors (Lipinski definition) is 7. The number of cyclic esters (lactones) is 1. The molecule has 194 valence electrons. The third kappa shape index (κ3) is 3.59. The summed E-state index contributed by atoms with van der Waals surface area (Å²) < 4.78 is 12.3. The van der Waals surface area contributed by atoms with Crippen LogP contribution in [-0.2, 0) is 33.1 Å². The number of esters is 2. The van der Waals surface area contributed by atoms with Crippen LogP contribution in [0.4, 0.5) is 0 Å². The number of ether oxygens (including phenoxy) is 2. The molecule has 2 aliphatic heterocycles. The monoisotopic (exact) mass is 520 g/mol. The second kappa shape index (κ2) is 8.10. The van der Waals surface area contributed by atoms with Crippen molar-refractivity contribution >= 4 is 36.1 Å². The van der Waals surface area contributed by atoms with Gasteiger partial charge in [0.25, 0.3) is 5.56 Å². The molecule has 0 saturated heterocycles. The van der Waals surface area contributed by atoms with Gasteiger partial charge < -0.3 is 19.1 Å². The molecule has 2 aliphatic rings. The first kappa shape index (κ1) is 25.4. The highest BCUT2D eigenvalue weighted by atomic mass is 28.3.